The maximum atomic E-state index is 13.1. The third-order valence-electron chi connectivity index (χ3n) is 2.01. The van der Waals surface area contributed by atoms with Gasteiger partial charge in [-0.2, -0.15) is 4.39 Å². The molecule has 0 radical (unpaired) electrons. The summed E-state index contributed by atoms with van der Waals surface area (Å²) in [6.07, 6.45) is 1.38. The lowest BCUT2D eigenvalue weighted by molar-refractivity contribution is 0.286. The number of nitrogens with zero attached hydrogens (tertiary/aromatic N) is 1. The fraction of sp³-hybridized carbons (Fsp3) is 0.0833. The molecular formula is C12H9ClFNO. The van der Waals surface area contributed by atoms with Crippen LogP contribution in [0.3, 0.4) is 0 Å². The molecule has 0 spiro atoms. The molecule has 1 heterocycles. The van der Waals surface area contributed by atoms with Crippen molar-refractivity contribution >= 4 is 11.6 Å². The van der Waals surface area contributed by atoms with Gasteiger partial charge in [0.05, 0.1) is 0 Å². The van der Waals surface area contributed by atoms with Crippen molar-refractivity contribution in [3.05, 3.63) is 59.1 Å². The van der Waals surface area contributed by atoms with Crippen LogP contribution in [0, 0.1) is 5.95 Å². The molecule has 16 heavy (non-hydrogen) atoms. The summed E-state index contributed by atoms with van der Waals surface area (Å²) in [5.74, 6) is -0.466. The van der Waals surface area contributed by atoms with Gasteiger partial charge in [0.15, 0.2) is 5.75 Å². The topological polar surface area (TPSA) is 22.1 Å². The predicted octanol–water partition coefficient (Wildman–Crippen LogP) is 3.45. The summed E-state index contributed by atoms with van der Waals surface area (Å²) >= 11 is 5.82. The lowest BCUT2D eigenvalue weighted by atomic mass is 10.2. The van der Waals surface area contributed by atoms with Gasteiger partial charge in [-0.15, -0.1) is 0 Å². The first-order valence-electron chi connectivity index (χ1n) is 4.73. The predicted molar refractivity (Wildman–Crippen MR) is 60.0 cm³/mol. The van der Waals surface area contributed by atoms with E-state index in [4.69, 9.17) is 16.3 Å². The first kappa shape index (κ1) is 10.9. The number of hydrogen-bond donors (Lipinski definition) is 0. The van der Waals surface area contributed by atoms with Gasteiger partial charge in [-0.05, 0) is 29.8 Å². The normalized spacial score (nSPS) is 10.1. The van der Waals surface area contributed by atoms with E-state index in [1.807, 2.05) is 12.1 Å². The van der Waals surface area contributed by atoms with E-state index in [0.717, 1.165) is 5.56 Å². The van der Waals surface area contributed by atoms with Crippen molar-refractivity contribution in [2.24, 2.45) is 0 Å². The molecule has 2 rings (SSSR count). The zero-order valence-electron chi connectivity index (χ0n) is 8.36. The average Bonchev–Trinajstić information content (AvgIpc) is 2.28. The highest BCUT2D eigenvalue weighted by molar-refractivity contribution is 6.30. The van der Waals surface area contributed by atoms with Gasteiger partial charge in [0.1, 0.15) is 6.61 Å². The van der Waals surface area contributed by atoms with Gasteiger partial charge in [0, 0.05) is 11.2 Å². The molecular weight excluding hydrogens is 229 g/mol. The standard InChI is InChI=1S/C12H9ClFNO/c13-10-4-1-3-9(7-10)8-16-11-5-2-6-15-12(11)14/h1-7H,8H2. The Labute approximate surface area is 97.7 Å². The maximum Gasteiger partial charge on any atom is 0.255 e. The van der Waals surface area contributed by atoms with Crippen LogP contribution in [-0.4, -0.2) is 4.98 Å². The molecule has 0 saturated heterocycles. The van der Waals surface area contributed by atoms with Crippen molar-refractivity contribution in [2.45, 2.75) is 6.61 Å². The van der Waals surface area contributed by atoms with E-state index in [1.54, 1.807) is 18.2 Å². The smallest absolute Gasteiger partial charge is 0.255 e. The molecule has 0 unspecified atom stereocenters. The Hall–Kier alpha value is -1.61. The first-order valence-corrected chi connectivity index (χ1v) is 5.11. The van der Waals surface area contributed by atoms with Crippen LogP contribution >= 0.6 is 11.6 Å². The Bertz CT molecular complexity index is 490. The number of rotatable bonds is 3. The van der Waals surface area contributed by atoms with Crippen LogP contribution in [0.25, 0.3) is 0 Å². The zero-order chi connectivity index (χ0) is 11.4. The minimum Gasteiger partial charge on any atom is -0.484 e. The molecule has 0 aliphatic carbocycles. The molecule has 2 aromatic rings. The minimum absolute atomic E-state index is 0.141. The molecule has 0 fully saturated rings. The highest BCUT2D eigenvalue weighted by Crippen LogP contribution is 2.16. The van der Waals surface area contributed by atoms with E-state index in [1.165, 1.54) is 12.3 Å². The molecule has 4 heteroatoms. The summed E-state index contributed by atoms with van der Waals surface area (Å²) in [6, 6.07) is 10.4. The van der Waals surface area contributed by atoms with Crippen LogP contribution in [0.4, 0.5) is 4.39 Å². The molecule has 0 amide bonds. The van der Waals surface area contributed by atoms with Crippen molar-refractivity contribution in [3.8, 4) is 5.75 Å². The summed E-state index contributed by atoms with van der Waals surface area (Å²) in [6.45, 7) is 0.267. The Balaban J connectivity index is 2.05. The lowest BCUT2D eigenvalue weighted by Crippen LogP contribution is -1.98. The van der Waals surface area contributed by atoms with E-state index in [9.17, 15) is 4.39 Å². The number of hydrogen-bond acceptors (Lipinski definition) is 2. The first-order chi connectivity index (χ1) is 7.75. The van der Waals surface area contributed by atoms with E-state index in [2.05, 4.69) is 4.98 Å². The summed E-state index contributed by atoms with van der Waals surface area (Å²) in [7, 11) is 0. The number of ether oxygens (including phenoxy) is 1. The van der Waals surface area contributed by atoms with Crippen molar-refractivity contribution in [1.82, 2.24) is 4.98 Å². The molecule has 2 nitrogen and oxygen atoms in total. The second-order valence-electron chi connectivity index (χ2n) is 3.21. The number of halogens is 2. The van der Waals surface area contributed by atoms with E-state index >= 15 is 0 Å². The molecule has 0 saturated carbocycles. The highest BCUT2D eigenvalue weighted by atomic mass is 35.5. The van der Waals surface area contributed by atoms with Gasteiger partial charge in [-0.1, -0.05) is 23.7 Å². The quantitative estimate of drug-likeness (QED) is 0.763. The van der Waals surface area contributed by atoms with Crippen molar-refractivity contribution in [3.63, 3.8) is 0 Å². The summed E-state index contributed by atoms with van der Waals surface area (Å²) in [5, 5.41) is 0.632. The van der Waals surface area contributed by atoms with Crippen LogP contribution in [0.2, 0.25) is 5.02 Å². The van der Waals surface area contributed by atoms with Crippen LogP contribution in [0.5, 0.6) is 5.75 Å². The number of aromatic nitrogens is 1. The fourth-order valence-corrected chi connectivity index (χ4v) is 1.48. The number of pyridine rings is 1. The van der Waals surface area contributed by atoms with E-state index < -0.39 is 5.95 Å². The van der Waals surface area contributed by atoms with E-state index in [0.29, 0.717) is 5.02 Å². The largest absolute Gasteiger partial charge is 0.484 e. The Morgan fingerprint density at radius 1 is 1.25 bits per heavy atom. The van der Waals surface area contributed by atoms with Gasteiger partial charge in [-0.25, -0.2) is 4.98 Å². The lowest BCUT2D eigenvalue weighted by Gasteiger charge is -2.06. The fourth-order valence-electron chi connectivity index (χ4n) is 1.27. The third kappa shape index (κ3) is 2.70. The van der Waals surface area contributed by atoms with Gasteiger partial charge in [0.25, 0.3) is 5.95 Å². The van der Waals surface area contributed by atoms with Crippen LogP contribution in [-0.2, 0) is 6.61 Å². The van der Waals surface area contributed by atoms with Gasteiger partial charge < -0.3 is 4.74 Å². The molecule has 0 N–H and O–H groups in total. The second-order valence-corrected chi connectivity index (χ2v) is 3.65. The summed E-state index contributed by atoms with van der Waals surface area (Å²) < 4.78 is 18.4. The summed E-state index contributed by atoms with van der Waals surface area (Å²) in [4.78, 5) is 3.49. The maximum absolute atomic E-state index is 13.1. The molecule has 0 bridgehead atoms. The van der Waals surface area contributed by atoms with Crippen LogP contribution < -0.4 is 4.74 Å². The second kappa shape index (κ2) is 4.94. The van der Waals surface area contributed by atoms with Crippen LogP contribution in [0.15, 0.2) is 42.6 Å². The van der Waals surface area contributed by atoms with Gasteiger partial charge in [-0.3, -0.25) is 0 Å². The van der Waals surface area contributed by atoms with Gasteiger partial charge in [0.2, 0.25) is 0 Å². The summed E-state index contributed by atoms with van der Waals surface area (Å²) in [5.41, 5.74) is 0.885. The third-order valence-corrected chi connectivity index (χ3v) is 2.24. The molecule has 1 aromatic carbocycles. The Kier molecular flexibility index (Phi) is 3.37. The number of benzene rings is 1. The molecule has 0 aliphatic rings. The Morgan fingerprint density at radius 3 is 2.88 bits per heavy atom. The highest BCUT2D eigenvalue weighted by Gasteiger charge is 2.03. The Morgan fingerprint density at radius 2 is 2.12 bits per heavy atom. The van der Waals surface area contributed by atoms with Crippen molar-refractivity contribution in [2.75, 3.05) is 0 Å². The molecule has 1 aromatic heterocycles. The average molecular weight is 238 g/mol. The van der Waals surface area contributed by atoms with Crippen molar-refractivity contribution < 1.29 is 9.13 Å². The van der Waals surface area contributed by atoms with Crippen molar-refractivity contribution in [1.29, 1.82) is 0 Å². The zero-order valence-corrected chi connectivity index (χ0v) is 9.12. The molecule has 82 valence electrons. The molecule has 0 atom stereocenters. The van der Waals surface area contributed by atoms with E-state index in [-0.39, 0.29) is 12.4 Å². The SMILES string of the molecule is Fc1ncccc1OCc1cccc(Cl)c1. The van der Waals surface area contributed by atoms with Crippen LogP contribution in [0.1, 0.15) is 5.56 Å². The minimum atomic E-state index is -0.607. The molecule has 0 aliphatic heterocycles. The monoisotopic (exact) mass is 237 g/mol. The van der Waals surface area contributed by atoms with Gasteiger partial charge >= 0.3 is 0 Å².